The van der Waals surface area contributed by atoms with E-state index in [9.17, 15) is 22.8 Å². The Labute approximate surface area is 134 Å². The van der Waals surface area contributed by atoms with Crippen LogP contribution in [0.2, 0.25) is 0 Å². The molecule has 8 nitrogen and oxygen atoms in total. The Kier molecular flexibility index (Phi) is 6.70. The Hall–Kier alpha value is -2.42. The lowest BCUT2D eigenvalue weighted by Crippen LogP contribution is -2.40. The number of hydrogen-bond acceptors (Lipinski definition) is 6. The molecule has 2 amide bonds. The molecule has 0 atom stereocenters. The summed E-state index contributed by atoms with van der Waals surface area (Å²) in [6.45, 7) is 1.33. The summed E-state index contributed by atoms with van der Waals surface area (Å²) in [5.74, 6) is -2.10. The first kappa shape index (κ1) is 18.6. The van der Waals surface area contributed by atoms with E-state index in [1.807, 2.05) is 0 Å². The van der Waals surface area contributed by atoms with Crippen molar-refractivity contribution in [2.24, 2.45) is 0 Å². The van der Waals surface area contributed by atoms with Gasteiger partial charge in [0.05, 0.1) is 19.2 Å². The molecule has 126 valence electrons. The van der Waals surface area contributed by atoms with Crippen LogP contribution in [0.4, 0.5) is 0 Å². The number of ether oxygens (including phenoxy) is 1. The van der Waals surface area contributed by atoms with Crippen molar-refractivity contribution in [2.75, 3.05) is 13.7 Å². The molecule has 0 spiro atoms. The zero-order valence-electron chi connectivity index (χ0n) is 12.8. The number of nitrogens with one attached hydrogen (secondary N) is 2. The summed E-state index contributed by atoms with van der Waals surface area (Å²) in [5.41, 5.74) is -0.190. The van der Waals surface area contributed by atoms with Gasteiger partial charge in [0.1, 0.15) is 4.90 Å². The van der Waals surface area contributed by atoms with Gasteiger partial charge >= 0.3 is 5.97 Å². The molecule has 0 fully saturated rings. The number of benzene rings is 1. The van der Waals surface area contributed by atoms with Gasteiger partial charge in [-0.2, -0.15) is 0 Å². The van der Waals surface area contributed by atoms with Crippen molar-refractivity contribution in [1.29, 1.82) is 0 Å². The number of amides is 2. The van der Waals surface area contributed by atoms with Gasteiger partial charge in [0.25, 0.3) is 15.9 Å². The van der Waals surface area contributed by atoms with E-state index in [4.69, 9.17) is 0 Å². The molecule has 0 heterocycles. The minimum Gasteiger partial charge on any atom is -0.465 e. The maximum atomic E-state index is 12.2. The maximum Gasteiger partial charge on any atom is 0.339 e. The molecule has 0 bridgehead atoms. The second-order valence-electron chi connectivity index (χ2n) is 4.54. The zero-order chi connectivity index (χ0) is 17.5. The van der Waals surface area contributed by atoms with Gasteiger partial charge in [-0.3, -0.25) is 9.59 Å². The van der Waals surface area contributed by atoms with Crippen molar-refractivity contribution in [3.05, 3.63) is 29.8 Å². The van der Waals surface area contributed by atoms with Crippen LogP contribution in [0.15, 0.2) is 29.2 Å². The van der Waals surface area contributed by atoms with Crippen molar-refractivity contribution in [1.82, 2.24) is 10.0 Å². The van der Waals surface area contributed by atoms with Crippen LogP contribution in [-0.4, -0.2) is 39.9 Å². The molecule has 0 radical (unpaired) electrons. The van der Waals surface area contributed by atoms with Gasteiger partial charge in [-0.05, 0) is 18.6 Å². The van der Waals surface area contributed by atoms with E-state index in [-0.39, 0.29) is 22.8 Å². The van der Waals surface area contributed by atoms with E-state index >= 15 is 0 Å². The van der Waals surface area contributed by atoms with E-state index in [2.05, 4.69) is 10.1 Å². The lowest BCUT2D eigenvalue weighted by molar-refractivity contribution is -0.125. The fourth-order valence-corrected chi connectivity index (χ4v) is 2.90. The number of rotatable bonds is 7. The average molecular weight is 342 g/mol. The second kappa shape index (κ2) is 8.28. The number of carbonyl (C=O) groups excluding carboxylic acids is 3. The van der Waals surface area contributed by atoms with Crippen LogP contribution in [0.5, 0.6) is 0 Å². The normalized spacial score (nSPS) is 10.7. The molecule has 0 aliphatic heterocycles. The second-order valence-corrected chi connectivity index (χ2v) is 6.19. The first-order valence-corrected chi connectivity index (χ1v) is 8.29. The Bertz CT molecular complexity index is 699. The quantitative estimate of drug-likeness (QED) is 0.683. The van der Waals surface area contributed by atoms with Gasteiger partial charge in [0.2, 0.25) is 5.91 Å². The van der Waals surface area contributed by atoms with Crippen LogP contribution in [0, 0.1) is 0 Å². The Morgan fingerprint density at radius 2 is 1.78 bits per heavy atom. The number of esters is 1. The fraction of sp³-hybridized carbons (Fsp3) is 0.357. The number of carbonyl (C=O) groups is 3. The van der Waals surface area contributed by atoms with Gasteiger partial charge in [0.15, 0.2) is 0 Å². The predicted octanol–water partition coefficient (Wildman–Crippen LogP) is 0.194. The molecule has 0 saturated heterocycles. The third-order valence-electron chi connectivity index (χ3n) is 2.75. The highest BCUT2D eigenvalue weighted by Gasteiger charge is 2.24. The molecule has 0 aromatic heterocycles. The SMILES string of the molecule is CCCC(=O)NCC(=O)NS(=O)(=O)c1ccccc1C(=O)OC. The first-order chi connectivity index (χ1) is 10.8. The average Bonchev–Trinajstić information content (AvgIpc) is 2.52. The van der Waals surface area contributed by atoms with Crippen molar-refractivity contribution < 1.29 is 27.5 Å². The van der Waals surface area contributed by atoms with E-state index in [0.29, 0.717) is 6.42 Å². The molecular formula is C14H18N2O6S. The van der Waals surface area contributed by atoms with Crippen LogP contribution < -0.4 is 10.0 Å². The Morgan fingerprint density at radius 3 is 2.39 bits per heavy atom. The number of methoxy groups -OCH3 is 1. The molecule has 0 saturated carbocycles. The minimum absolute atomic E-state index is 0.190. The summed E-state index contributed by atoms with van der Waals surface area (Å²) in [4.78, 5) is 34.2. The van der Waals surface area contributed by atoms with Gasteiger partial charge < -0.3 is 10.1 Å². The van der Waals surface area contributed by atoms with Crippen LogP contribution >= 0.6 is 0 Å². The molecule has 23 heavy (non-hydrogen) atoms. The van der Waals surface area contributed by atoms with Gasteiger partial charge in [-0.1, -0.05) is 19.1 Å². The summed E-state index contributed by atoms with van der Waals surface area (Å²) < 4.78 is 30.7. The lowest BCUT2D eigenvalue weighted by Gasteiger charge is -2.10. The monoisotopic (exact) mass is 342 g/mol. The van der Waals surface area contributed by atoms with E-state index in [1.54, 1.807) is 11.6 Å². The molecule has 9 heteroatoms. The molecule has 1 aromatic carbocycles. The van der Waals surface area contributed by atoms with Gasteiger partial charge in [-0.15, -0.1) is 0 Å². The fourth-order valence-electron chi connectivity index (χ4n) is 1.71. The highest BCUT2D eigenvalue weighted by atomic mass is 32.2. The molecule has 0 aliphatic rings. The molecule has 1 rings (SSSR count). The smallest absolute Gasteiger partial charge is 0.339 e. The number of sulfonamides is 1. The largest absolute Gasteiger partial charge is 0.465 e. The molecule has 0 unspecified atom stereocenters. The topological polar surface area (TPSA) is 119 Å². The maximum absolute atomic E-state index is 12.2. The molecular weight excluding hydrogens is 324 g/mol. The zero-order valence-corrected chi connectivity index (χ0v) is 13.6. The number of hydrogen-bond donors (Lipinski definition) is 2. The molecule has 0 aliphatic carbocycles. The minimum atomic E-state index is -4.26. The Balaban J connectivity index is 2.86. The molecule has 2 N–H and O–H groups in total. The van der Waals surface area contributed by atoms with Gasteiger partial charge in [-0.25, -0.2) is 17.9 Å². The van der Waals surface area contributed by atoms with Gasteiger partial charge in [0, 0.05) is 6.42 Å². The van der Waals surface area contributed by atoms with Crippen LogP contribution in [0.1, 0.15) is 30.1 Å². The van der Waals surface area contributed by atoms with Crippen LogP contribution in [0.25, 0.3) is 0 Å². The summed E-state index contributed by atoms with van der Waals surface area (Å²) >= 11 is 0. The molecule has 1 aromatic rings. The van der Waals surface area contributed by atoms with Crippen molar-refractivity contribution in [3.8, 4) is 0 Å². The third kappa shape index (κ3) is 5.37. The van der Waals surface area contributed by atoms with E-state index in [0.717, 1.165) is 7.11 Å². The van der Waals surface area contributed by atoms with Crippen LogP contribution in [0.3, 0.4) is 0 Å². The highest BCUT2D eigenvalue weighted by molar-refractivity contribution is 7.90. The Morgan fingerprint density at radius 1 is 1.13 bits per heavy atom. The summed E-state index contributed by atoms with van der Waals surface area (Å²) in [7, 11) is -3.14. The lowest BCUT2D eigenvalue weighted by atomic mass is 10.2. The standard InChI is InChI=1S/C14H18N2O6S/c1-3-6-12(17)15-9-13(18)16-23(20,21)11-8-5-4-7-10(11)14(19)22-2/h4-5,7-8H,3,6,9H2,1-2H3,(H,15,17)(H,16,18). The van der Waals surface area contributed by atoms with Crippen molar-refractivity contribution >= 4 is 27.8 Å². The highest BCUT2D eigenvalue weighted by Crippen LogP contribution is 2.16. The third-order valence-corrected chi connectivity index (χ3v) is 4.18. The van der Waals surface area contributed by atoms with E-state index in [1.165, 1.54) is 24.3 Å². The van der Waals surface area contributed by atoms with E-state index < -0.39 is 28.4 Å². The van der Waals surface area contributed by atoms with Crippen LogP contribution in [-0.2, 0) is 24.3 Å². The first-order valence-electron chi connectivity index (χ1n) is 6.81. The predicted molar refractivity (Wildman–Crippen MR) is 81.0 cm³/mol. The van der Waals surface area contributed by atoms with Crippen molar-refractivity contribution in [2.45, 2.75) is 24.7 Å². The summed E-state index contributed by atoms with van der Waals surface area (Å²) in [6.07, 6.45) is 0.851. The van der Waals surface area contributed by atoms with Crippen molar-refractivity contribution in [3.63, 3.8) is 0 Å². The summed E-state index contributed by atoms with van der Waals surface area (Å²) in [5, 5.41) is 2.30. The summed E-state index contributed by atoms with van der Waals surface area (Å²) in [6, 6.07) is 5.33.